The molecule has 0 unspecified atom stereocenters. The summed E-state index contributed by atoms with van der Waals surface area (Å²) >= 11 is 0. The molecule has 0 aliphatic carbocycles. The van der Waals surface area contributed by atoms with Gasteiger partial charge in [-0.15, -0.1) is 0 Å². The maximum Gasteiger partial charge on any atom is 0.502 e. The second-order valence-corrected chi connectivity index (χ2v) is 7.51. The van der Waals surface area contributed by atoms with E-state index in [1.807, 2.05) is 18.2 Å². The van der Waals surface area contributed by atoms with E-state index >= 15 is 0 Å². The van der Waals surface area contributed by atoms with Crippen molar-refractivity contribution in [2.45, 2.75) is 16.9 Å². The number of hydrogen-bond donors (Lipinski definition) is 1. The Balaban J connectivity index is 2.13. The van der Waals surface area contributed by atoms with Crippen molar-refractivity contribution < 1.29 is 26.5 Å². The first-order valence-electron chi connectivity index (χ1n) is 7.63. The van der Waals surface area contributed by atoms with Crippen molar-refractivity contribution in [1.29, 1.82) is 0 Å². The number of alkyl halides is 3. The van der Waals surface area contributed by atoms with Gasteiger partial charge in [0.05, 0.1) is 10.4 Å². The number of rotatable bonds is 5. The highest BCUT2D eigenvalue weighted by atomic mass is 32.2. The highest BCUT2D eigenvalue weighted by Crippen LogP contribution is 2.38. The number of fused-ring (bicyclic) bond motifs is 1. The van der Waals surface area contributed by atoms with Gasteiger partial charge in [0.1, 0.15) is 12.1 Å². The lowest BCUT2D eigenvalue weighted by Gasteiger charge is -2.11. The molecule has 0 saturated heterocycles. The minimum Gasteiger partial charge on any atom is -0.365 e. The Hall–Kier alpha value is -3.28. The third kappa shape index (κ3) is 3.58. The maximum atomic E-state index is 12.9. The molecular formula is C16H11F3N4O4S. The van der Waals surface area contributed by atoms with E-state index in [1.54, 1.807) is 12.1 Å². The molecule has 0 aliphatic heterocycles. The zero-order chi connectivity index (χ0) is 20.5. The summed E-state index contributed by atoms with van der Waals surface area (Å²) in [4.78, 5) is 16.3. The van der Waals surface area contributed by atoms with Crippen LogP contribution >= 0.6 is 0 Å². The lowest BCUT2D eigenvalue weighted by molar-refractivity contribution is -0.387. The molecule has 1 aromatic heterocycles. The van der Waals surface area contributed by atoms with Gasteiger partial charge in [-0.25, -0.2) is 18.4 Å². The van der Waals surface area contributed by atoms with Gasteiger partial charge in [0.25, 0.3) is 15.5 Å². The largest absolute Gasteiger partial charge is 0.502 e. The lowest BCUT2D eigenvalue weighted by Crippen LogP contribution is -2.24. The summed E-state index contributed by atoms with van der Waals surface area (Å²) < 4.78 is 62.1. The standard InChI is InChI=1S/C16H11F3N4O4S/c17-16(18,19)28(26,27)14-7-12-11(6-13(14)23(24)25)15(22-9-21-12)20-8-10-4-2-1-3-5-10/h1-7,9H,8H2,(H,20,21,22). The van der Waals surface area contributed by atoms with Gasteiger partial charge in [0.2, 0.25) is 0 Å². The summed E-state index contributed by atoms with van der Waals surface area (Å²) in [5, 5.41) is 14.2. The third-order valence-corrected chi connectivity index (χ3v) is 5.33. The van der Waals surface area contributed by atoms with Crippen LogP contribution in [0.15, 0.2) is 53.7 Å². The van der Waals surface area contributed by atoms with Gasteiger partial charge < -0.3 is 5.32 Å². The molecule has 0 bridgehead atoms. The van der Waals surface area contributed by atoms with Crippen LogP contribution in [0.4, 0.5) is 24.7 Å². The third-order valence-electron chi connectivity index (χ3n) is 3.81. The molecule has 3 aromatic rings. The first-order valence-corrected chi connectivity index (χ1v) is 9.12. The monoisotopic (exact) mass is 412 g/mol. The average molecular weight is 412 g/mol. The van der Waals surface area contributed by atoms with Crippen LogP contribution in [0.5, 0.6) is 0 Å². The molecule has 0 aliphatic rings. The van der Waals surface area contributed by atoms with Crippen LogP contribution in [-0.2, 0) is 16.4 Å². The van der Waals surface area contributed by atoms with E-state index in [-0.39, 0.29) is 23.3 Å². The van der Waals surface area contributed by atoms with E-state index in [4.69, 9.17) is 0 Å². The highest BCUT2D eigenvalue weighted by molar-refractivity contribution is 7.92. The van der Waals surface area contributed by atoms with Crippen LogP contribution in [0.25, 0.3) is 10.9 Å². The Morgan fingerprint density at radius 2 is 1.79 bits per heavy atom. The molecular weight excluding hydrogens is 401 g/mol. The second kappa shape index (κ2) is 7.03. The first-order chi connectivity index (χ1) is 13.1. The Bertz CT molecular complexity index is 1150. The number of nitrogens with zero attached hydrogens (tertiary/aromatic N) is 3. The van der Waals surface area contributed by atoms with Crippen molar-refractivity contribution in [2.75, 3.05) is 5.32 Å². The van der Waals surface area contributed by atoms with Crippen LogP contribution in [0, 0.1) is 10.1 Å². The van der Waals surface area contributed by atoms with Gasteiger partial charge >= 0.3 is 5.51 Å². The van der Waals surface area contributed by atoms with Gasteiger partial charge in [0.15, 0.2) is 4.90 Å². The van der Waals surface area contributed by atoms with Gasteiger partial charge in [-0.3, -0.25) is 10.1 Å². The summed E-state index contributed by atoms with van der Waals surface area (Å²) in [6, 6.07) is 10.3. The summed E-state index contributed by atoms with van der Waals surface area (Å²) in [5.41, 5.74) is -6.21. The molecule has 8 nitrogen and oxygen atoms in total. The van der Waals surface area contributed by atoms with E-state index in [1.165, 1.54) is 0 Å². The molecule has 28 heavy (non-hydrogen) atoms. The molecule has 1 N–H and O–H groups in total. The van der Waals surface area contributed by atoms with Crippen molar-refractivity contribution in [2.24, 2.45) is 0 Å². The number of sulfone groups is 1. The number of nitro benzene ring substituents is 1. The Morgan fingerprint density at radius 1 is 1.11 bits per heavy atom. The fourth-order valence-electron chi connectivity index (χ4n) is 2.48. The summed E-state index contributed by atoms with van der Waals surface area (Å²) in [6.07, 6.45) is 1.02. The van der Waals surface area contributed by atoms with Crippen LogP contribution in [-0.4, -0.2) is 28.8 Å². The molecule has 0 atom stereocenters. The van der Waals surface area contributed by atoms with E-state index in [2.05, 4.69) is 15.3 Å². The van der Waals surface area contributed by atoms with E-state index in [0.717, 1.165) is 18.0 Å². The number of benzene rings is 2. The number of hydrogen-bond acceptors (Lipinski definition) is 7. The van der Waals surface area contributed by atoms with Gasteiger partial charge in [-0.05, 0) is 11.6 Å². The number of halogens is 3. The molecule has 2 aromatic carbocycles. The predicted molar refractivity (Wildman–Crippen MR) is 93.2 cm³/mol. The number of anilines is 1. The van der Waals surface area contributed by atoms with E-state index in [9.17, 15) is 31.7 Å². The predicted octanol–water partition coefficient (Wildman–Crippen LogP) is 3.44. The molecule has 0 fully saturated rings. The van der Waals surface area contributed by atoms with Crippen molar-refractivity contribution >= 4 is 32.2 Å². The molecule has 1 heterocycles. The van der Waals surface area contributed by atoms with Gasteiger partial charge in [0, 0.05) is 18.0 Å². The molecule has 3 rings (SSSR count). The Kier molecular flexibility index (Phi) is 4.89. The zero-order valence-electron chi connectivity index (χ0n) is 13.8. The van der Waals surface area contributed by atoms with Crippen LogP contribution < -0.4 is 5.32 Å². The maximum absolute atomic E-state index is 12.9. The Morgan fingerprint density at radius 3 is 2.39 bits per heavy atom. The topological polar surface area (TPSA) is 115 Å². The minimum absolute atomic E-state index is 0.0197. The van der Waals surface area contributed by atoms with Gasteiger partial charge in [-0.2, -0.15) is 13.2 Å². The Labute approximate surface area is 156 Å². The molecule has 0 radical (unpaired) electrons. The summed E-state index contributed by atoms with van der Waals surface area (Å²) in [7, 11) is -5.93. The molecule has 0 spiro atoms. The molecule has 146 valence electrons. The smallest absolute Gasteiger partial charge is 0.365 e. The van der Waals surface area contributed by atoms with Crippen molar-refractivity contribution in [3.8, 4) is 0 Å². The molecule has 12 heteroatoms. The van der Waals surface area contributed by atoms with Crippen molar-refractivity contribution in [1.82, 2.24) is 9.97 Å². The zero-order valence-corrected chi connectivity index (χ0v) is 14.7. The van der Waals surface area contributed by atoms with Crippen LogP contribution in [0.3, 0.4) is 0 Å². The second-order valence-electron chi connectivity index (χ2n) is 5.60. The number of nitro groups is 1. The van der Waals surface area contributed by atoms with E-state index < -0.39 is 30.9 Å². The minimum atomic E-state index is -5.93. The van der Waals surface area contributed by atoms with Crippen LogP contribution in [0.1, 0.15) is 5.56 Å². The van der Waals surface area contributed by atoms with Crippen LogP contribution in [0.2, 0.25) is 0 Å². The fraction of sp³-hybridized carbons (Fsp3) is 0.125. The van der Waals surface area contributed by atoms with E-state index in [0.29, 0.717) is 6.07 Å². The quantitative estimate of drug-likeness (QED) is 0.504. The van der Waals surface area contributed by atoms with Crippen molar-refractivity contribution in [3.05, 3.63) is 64.5 Å². The first kappa shape index (κ1) is 19.5. The summed E-state index contributed by atoms with van der Waals surface area (Å²) in [5.74, 6) is 0.118. The highest BCUT2D eigenvalue weighted by Gasteiger charge is 2.50. The number of nitrogens with one attached hydrogen (secondary N) is 1. The SMILES string of the molecule is O=[N+]([O-])c1cc2c(NCc3ccccc3)ncnc2cc1S(=O)(=O)C(F)(F)F. The average Bonchev–Trinajstić information content (AvgIpc) is 2.65. The molecule has 0 amide bonds. The van der Waals surface area contributed by atoms with Gasteiger partial charge in [-0.1, -0.05) is 30.3 Å². The summed E-state index contributed by atoms with van der Waals surface area (Å²) in [6.45, 7) is 0.281. The fourth-order valence-corrected chi connectivity index (χ4v) is 3.40. The normalized spacial score (nSPS) is 12.1. The lowest BCUT2D eigenvalue weighted by atomic mass is 10.2. The molecule has 0 saturated carbocycles. The van der Waals surface area contributed by atoms with Crippen molar-refractivity contribution in [3.63, 3.8) is 0 Å². The number of aromatic nitrogens is 2.